The van der Waals surface area contributed by atoms with Crippen LogP contribution in [0.2, 0.25) is 0 Å². The van der Waals surface area contributed by atoms with E-state index < -0.39 is 53.6 Å². The SMILES string of the molecule is CCCOCCOCCNC(=O)[C@H](CCC(=O)O)NC(=O)CC[C@H](NC(=O)C1CCC(CNC(=O)CCCC(=O)O)CC1)C(=O)O. The van der Waals surface area contributed by atoms with Crippen molar-refractivity contribution in [2.75, 3.05) is 39.5 Å². The van der Waals surface area contributed by atoms with Crippen molar-refractivity contribution in [1.29, 1.82) is 0 Å². The summed E-state index contributed by atoms with van der Waals surface area (Å²) >= 11 is 0. The Kier molecular flexibility index (Phi) is 20.6. The molecule has 0 spiro atoms. The summed E-state index contributed by atoms with van der Waals surface area (Å²) in [5.41, 5.74) is 0. The number of aliphatic carboxylic acids is 3. The Morgan fingerprint density at radius 3 is 1.93 bits per heavy atom. The highest BCUT2D eigenvalue weighted by Gasteiger charge is 2.30. The Bertz CT molecular complexity index is 1000. The van der Waals surface area contributed by atoms with Gasteiger partial charge in [0.15, 0.2) is 0 Å². The van der Waals surface area contributed by atoms with Crippen LogP contribution in [0.3, 0.4) is 0 Å². The third kappa shape index (κ3) is 18.9. The van der Waals surface area contributed by atoms with Crippen molar-refractivity contribution in [2.24, 2.45) is 11.8 Å². The Hall–Kier alpha value is -3.79. The highest BCUT2D eigenvalue weighted by molar-refractivity contribution is 5.89. The van der Waals surface area contributed by atoms with Crippen molar-refractivity contribution in [3.8, 4) is 0 Å². The summed E-state index contributed by atoms with van der Waals surface area (Å²) < 4.78 is 10.6. The van der Waals surface area contributed by atoms with Crippen LogP contribution in [0, 0.1) is 11.8 Å². The fourth-order valence-electron chi connectivity index (χ4n) is 4.84. The first-order valence-corrected chi connectivity index (χ1v) is 15.9. The van der Waals surface area contributed by atoms with Crippen LogP contribution in [0.5, 0.6) is 0 Å². The van der Waals surface area contributed by atoms with Gasteiger partial charge < -0.3 is 46.1 Å². The van der Waals surface area contributed by atoms with Gasteiger partial charge in [-0.3, -0.25) is 28.8 Å². The molecule has 0 heterocycles. The minimum Gasteiger partial charge on any atom is -0.481 e. The van der Waals surface area contributed by atoms with E-state index in [9.17, 15) is 38.7 Å². The van der Waals surface area contributed by atoms with E-state index in [2.05, 4.69) is 21.3 Å². The van der Waals surface area contributed by atoms with E-state index in [1.165, 1.54) is 0 Å². The number of nitrogens with one attached hydrogen (secondary N) is 4. The van der Waals surface area contributed by atoms with Gasteiger partial charge in [-0.2, -0.15) is 0 Å². The highest BCUT2D eigenvalue weighted by atomic mass is 16.5. The topological polar surface area (TPSA) is 247 Å². The Labute approximate surface area is 268 Å². The van der Waals surface area contributed by atoms with Gasteiger partial charge >= 0.3 is 17.9 Å². The van der Waals surface area contributed by atoms with Crippen LogP contribution in [-0.2, 0) is 43.0 Å². The minimum atomic E-state index is -1.34. The fraction of sp³-hybridized carbons (Fsp3) is 0.767. The lowest BCUT2D eigenvalue weighted by Gasteiger charge is -2.28. The summed E-state index contributed by atoms with van der Waals surface area (Å²) in [5, 5.41) is 37.7. The van der Waals surface area contributed by atoms with Crippen LogP contribution in [0.15, 0.2) is 0 Å². The van der Waals surface area contributed by atoms with Crippen molar-refractivity contribution < 1.29 is 58.4 Å². The summed E-state index contributed by atoms with van der Waals surface area (Å²) in [6, 6.07) is -2.50. The maximum absolute atomic E-state index is 12.8. The normalized spacial score (nSPS) is 17.2. The first kappa shape index (κ1) is 40.2. The lowest BCUT2D eigenvalue weighted by Crippen LogP contribution is -2.48. The second-order valence-electron chi connectivity index (χ2n) is 11.3. The number of amides is 4. The van der Waals surface area contributed by atoms with Crippen LogP contribution >= 0.6 is 0 Å². The zero-order chi connectivity index (χ0) is 34.3. The van der Waals surface area contributed by atoms with Gasteiger partial charge in [-0.05, 0) is 57.3 Å². The molecular formula is C30H50N4O12. The zero-order valence-corrected chi connectivity index (χ0v) is 26.6. The summed E-state index contributed by atoms with van der Waals surface area (Å²) in [6.07, 6.45) is 2.36. The number of carboxylic acids is 3. The molecule has 0 saturated heterocycles. The average molecular weight is 659 g/mol. The molecule has 0 aliphatic heterocycles. The lowest BCUT2D eigenvalue weighted by molar-refractivity contribution is -0.143. The number of carboxylic acid groups (broad SMARTS) is 3. The molecule has 0 aromatic rings. The summed E-state index contributed by atoms with van der Waals surface area (Å²) in [7, 11) is 0. The number of rotatable bonds is 25. The molecule has 0 unspecified atom stereocenters. The van der Waals surface area contributed by atoms with Gasteiger partial charge in [0.25, 0.3) is 0 Å². The minimum absolute atomic E-state index is 0.0767. The molecule has 16 heteroatoms. The smallest absolute Gasteiger partial charge is 0.326 e. The standard InChI is InChI=1S/C30H50N4O12/c1-2-15-45-17-18-46-16-14-31-29(42)22(11-13-27(39)40)33-25(36)12-10-23(30(43)44)34-28(41)21-8-6-20(7-9-21)19-32-24(35)4-3-5-26(37)38/h20-23H,2-19H2,1H3,(H,31,42)(H,32,35)(H,33,36)(H,34,41)(H,37,38)(H,39,40)(H,43,44)/t20?,21?,22-,23-/m0/s1. The molecule has 0 radical (unpaired) electrons. The monoisotopic (exact) mass is 658 g/mol. The van der Waals surface area contributed by atoms with E-state index in [1.54, 1.807) is 0 Å². The van der Waals surface area contributed by atoms with E-state index in [4.69, 9.17) is 19.7 Å². The van der Waals surface area contributed by atoms with Crippen molar-refractivity contribution in [3.05, 3.63) is 0 Å². The molecule has 1 rings (SSSR count). The maximum Gasteiger partial charge on any atom is 0.326 e. The Morgan fingerprint density at radius 2 is 1.33 bits per heavy atom. The van der Waals surface area contributed by atoms with E-state index in [0.29, 0.717) is 52.0 Å². The first-order chi connectivity index (χ1) is 21.9. The van der Waals surface area contributed by atoms with Crippen LogP contribution in [0.25, 0.3) is 0 Å². The zero-order valence-electron chi connectivity index (χ0n) is 26.6. The molecule has 1 aliphatic carbocycles. The molecule has 1 saturated carbocycles. The second kappa shape index (κ2) is 23.5. The molecule has 16 nitrogen and oxygen atoms in total. The molecule has 1 fully saturated rings. The number of hydrogen-bond acceptors (Lipinski definition) is 9. The second-order valence-corrected chi connectivity index (χ2v) is 11.3. The first-order valence-electron chi connectivity index (χ1n) is 15.9. The molecule has 7 N–H and O–H groups in total. The van der Waals surface area contributed by atoms with Crippen molar-refractivity contribution in [3.63, 3.8) is 0 Å². The molecule has 2 atom stereocenters. The molecule has 262 valence electrons. The van der Waals surface area contributed by atoms with Crippen LogP contribution in [0.4, 0.5) is 0 Å². The molecule has 0 bridgehead atoms. The van der Waals surface area contributed by atoms with Crippen LogP contribution < -0.4 is 21.3 Å². The Balaban J connectivity index is 2.48. The third-order valence-corrected chi connectivity index (χ3v) is 7.44. The van der Waals surface area contributed by atoms with Crippen LogP contribution in [0.1, 0.15) is 84.0 Å². The lowest BCUT2D eigenvalue weighted by atomic mass is 9.81. The van der Waals surface area contributed by atoms with Gasteiger partial charge in [0.2, 0.25) is 23.6 Å². The van der Waals surface area contributed by atoms with Gasteiger partial charge in [-0.15, -0.1) is 0 Å². The number of carbonyl (C=O) groups excluding carboxylic acids is 4. The molecular weight excluding hydrogens is 608 g/mol. The van der Waals surface area contributed by atoms with E-state index in [0.717, 1.165) is 6.42 Å². The summed E-state index contributed by atoms with van der Waals surface area (Å²) in [4.78, 5) is 83.4. The fourth-order valence-corrected chi connectivity index (χ4v) is 4.84. The van der Waals surface area contributed by atoms with Gasteiger partial charge in [0.1, 0.15) is 12.1 Å². The predicted molar refractivity (Wildman–Crippen MR) is 162 cm³/mol. The van der Waals surface area contributed by atoms with Gasteiger partial charge in [-0.25, -0.2) is 4.79 Å². The van der Waals surface area contributed by atoms with E-state index in [-0.39, 0.29) is 69.9 Å². The van der Waals surface area contributed by atoms with Crippen molar-refractivity contribution in [2.45, 2.75) is 96.1 Å². The maximum atomic E-state index is 12.8. The van der Waals surface area contributed by atoms with E-state index in [1.807, 2.05) is 6.92 Å². The van der Waals surface area contributed by atoms with Crippen LogP contribution in [-0.4, -0.2) is 108 Å². The third-order valence-electron chi connectivity index (χ3n) is 7.44. The summed E-state index contributed by atoms with van der Waals surface area (Å²) in [5.74, 6) is -5.63. The molecule has 0 aromatic heterocycles. The summed E-state index contributed by atoms with van der Waals surface area (Å²) in [6.45, 7) is 4.10. The van der Waals surface area contributed by atoms with Gasteiger partial charge in [-0.1, -0.05) is 6.92 Å². The van der Waals surface area contributed by atoms with Gasteiger partial charge in [0, 0.05) is 51.3 Å². The highest BCUT2D eigenvalue weighted by Crippen LogP contribution is 2.28. The van der Waals surface area contributed by atoms with Crippen molar-refractivity contribution in [1.82, 2.24) is 21.3 Å². The average Bonchev–Trinajstić information content (AvgIpc) is 3.01. The molecule has 1 aliphatic rings. The number of carbonyl (C=O) groups is 7. The Morgan fingerprint density at radius 1 is 0.696 bits per heavy atom. The van der Waals surface area contributed by atoms with Gasteiger partial charge in [0.05, 0.1) is 19.8 Å². The number of ether oxygens (including phenoxy) is 2. The largest absolute Gasteiger partial charge is 0.481 e. The quantitative estimate of drug-likeness (QED) is 0.0660. The molecule has 0 aromatic carbocycles. The predicted octanol–water partition coefficient (Wildman–Crippen LogP) is 0.423. The van der Waals surface area contributed by atoms with Crippen molar-refractivity contribution >= 4 is 41.5 Å². The molecule has 46 heavy (non-hydrogen) atoms. The van der Waals surface area contributed by atoms with E-state index >= 15 is 0 Å². The number of hydrogen-bond donors (Lipinski definition) is 7. The molecule has 4 amide bonds.